The lowest BCUT2D eigenvalue weighted by molar-refractivity contribution is 0.101. The average Bonchev–Trinajstić information content (AvgIpc) is 3.06. The molecule has 0 amide bonds. The summed E-state index contributed by atoms with van der Waals surface area (Å²) in [5.41, 5.74) is 0.465. The number of ether oxygens (including phenoxy) is 2. The monoisotopic (exact) mass is 267 g/mol. The molecule has 20 heavy (non-hydrogen) atoms. The van der Waals surface area contributed by atoms with Crippen LogP contribution in [0.3, 0.4) is 0 Å². The Balaban J connectivity index is 1.88. The number of nitriles is 1. The van der Waals surface area contributed by atoms with E-state index < -0.39 is 0 Å². The zero-order valence-corrected chi connectivity index (χ0v) is 10.3. The van der Waals surface area contributed by atoms with Gasteiger partial charge in [-0.05, 0) is 24.3 Å². The number of benzene rings is 1. The molecule has 0 spiro atoms. The maximum atomic E-state index is 12.1. The van der Waals surface area contributed by atoms with E-state index in [0.717, 1.165) is 0 Å². The molecule has 5 heteroatoms. The molecule has 0 radical (unpaired) electrons. The first-order chi connectivity index (χ1) is 9.78. The SMILES string of the molecule is N#CCOc1ccc2c(c1)O/C(=C\c1ccco1)C2=O. The lowest BCUT2D eigenvalue weighted by Crippen LogP contribution is -1.97. The van der Waals surface area contributed by atoms with Crippen LogP contribution in [0.15, 0.2) is 46.8 Å². The lowest BCUT2D eigenvalue weighted by atomic mass is 10.1. The summed E-state index contributed by atoms with van der Waals surface area (Å²) in [5.74, 6) is 1.44. The number of carbonyl (C=O) groups is 1. The summed E-state index contributed by atoms with van der Waals surface area (Å²) in [6, 6.07) is 10.2. The van der Waals surface area contributed by atoms with Crippen molar-refractivity contribution < 1.29 is 18.7 Å². The van der Waals surface area contributed by atoms with Gasteiger partial charge in [-0.3, -0.25) is 4.79 Å². The van der Waals surface area contributed by atoms with Gasteiger partial charge in [-0.25, -0.2) is 0 Å². The first kappa shape index (κ1) is 12.1. The van der Waals surface area contributed by atoms with Gasteiger partial charge in [0.25, 0.3) is 0 Å². The number of hydrogen-bond donors (Lipinski definition) is 0. The number of furan rings is 1. The summed E-state index contributed by atoms with van der Waals surface area (Å²) in [5, 5.41) is 8.47. The van der Waals surface area contributed by atoms with Crippen molar-refractivity contribution in [3.8, 4) is 17.6 Å². The van der Waals surface area contributed by atoms with Gasteiger partial charge in [0.05, 0.1) is 11.8 Å². The van der Waals surface area contributed by atoms with Gasteiger partial charge < -0.3 is 13.9 Å². The van der Waals surface area contributed by atoms with E-state index >= 15 is 0 Å². The maximum Gasteiger partial charge on any atom is 0.232 e. The number of fused-ring (bicyclic) bond motifs is 1. The van der Waals surface area contributed by atoms with E-state index in [0.29, 0.717) is 22.8 Å². The Hall–Kier alpha value is -3.00. The number of rotatable bonds is 3. The Labute approximate surface area is 114 Å². The Bertz CT molecular complexity index is 723. The highest BCUT2D eigenvalue weighted by Gasteiger charge is 2.28. The second kappa shape index (κ2) is 4.94. The van der Waals surface area contributed by atoms with Crippen molar-refractivity contribution in [3.05, 3.63) is 53.7 Å². The predicted octanol–water partition coefficient (Wildman–Crippen LogP) is 2.80. The van der Waals surface area contributed by atoms with Crippen LogP contribution in [-0.4, -0.2) is 12.4 Å². The Morgan fingerprint density at radius 3 is 3.00 bits per heavy atom. The highest BCUT2D eigenvalue weighted by atomic mass is 16.5. The lowest BCUT2D eigenvalue weighted by Gasteiger charge is -2.02. The summed E-state index contributed by atoms with van der Waals surface area (Å²) in [6.07, 6.45) is 3.06. The van der Waals surface area contributed by atoms with Gasteiger partial charge in [-0.1, -0.05) is 0 Å². The van der Waals surface area contributed by atoms with Crippen molar-refractivity contribution in [2.45, 2.75) is 0 Å². The van der Waals surface area contributed by atoms with Crippen molar-refractivity contribution in [1.29, 1.82) is 5.26 Å². The van der Waals surface area contributed by atoms with Crippen molar-refractivity contribution in [2.75, 3.05) is 6.61 Å². The summed E-state index contributed by atoms with van der Waals surface area (Å²) >= 11 is 0. The minimum Gasteiger partial charge on any atom is -0.479 e. The fraction of sp³-hybridized carbons (Fsp3) is 0.0667. The Morgan fingerprint density at radius 1 is 1.35 bits per heavy atom. The van der Waals surface area contributed by atoms with Crippen LogP contribution >= 0.6 is 0 Å². The first-order valence-electron chi connectivity index (χ1n) is 5.89. The molecule has 5 nitrogen and oxygen atoms in total. The van der Waals surface area contributed by atoms with E-state index in [1.54, 1.807) is 30.3 Å². The predicted molar refractivity (Wildman–Crippen MR) is 69.2 cm³/mol. The fourth-order valence-electron chi connectivity index (χ4n) is 1.88. The standard InChI is InChI=1S/C15H9NO4/c16-5-7-19-11-3-4-12-13(8-11)20-14(15(12)17)9-10-2-1-6-18-10/h1-4,6,8-9H,7H2/b14-9-. The summed E-state index contributed by atoms with van der Waals surface area (Å²) in [7, 11) is 0. The molecule has 0 atom stereocenters. The van der Waals surface area contributed by atoms with Crippen LogP contribution in [0, 0.1) is 11.3 Å². The zero-order chi connectivity index (χ0) is 13.9. The van der Waals surface area contributed by atoms with Crippen molar-refractivity contribution in [2.24, 2.45) is 0 Å². The van der Waals surface area contributed by atoms with Crippen molar-refractivity contribution in [3.63, 3.8) is 0 Å². The highest BCUT2D eigenvalue weighted by molar-refractivity contribution is 6.14. The van der Waals surface area contributed by atoms with Crippen LogP contribution in [0.5, 0.6) is 11.5 Å². The van der Waals surface area contributed by atoms with Gasteiger partial charge in [0.15, 0.2) is 12.4 Å². The molecule has 2 heterocycles. The molecule has 3 rings (SSSR count). The first-order valence-corrected chi connectivity index (χ1v) is 5.89. The molecule has 0 bridgehead atoms. The summed E-state index contributed by atoms with van der Waals surface area (Å²) < 4.78 is 15.8. The van der Waals surface area contributed by atoms with E-state index in [1.807, 2.05) is 6.07 Å². The highest BCUT2D eigenvalue weighted by Crippen LogP contribution is 2.34. The minimum atomic E-state index is -0.205. The largest absolute Gasteiger partial charge is 0.479 e. The van der Waals surface area contributed by atoms with Gasteiger partial charge in [0.2, 0.25) is 5.78 Å². The van der Waals surface area contributed by atoms with Gasteiger partial charge in [-0.2, -0.15) is 5.26 Å². The molecular weight excluding hydrogens is 258 g/mol. The van der Waals surface area contributed by atoms with Crippen LogP contribution in [0.25, 0.3) is 6.08 Å². The van der Waals surface area contributed by atoms with Gasteiger partial charge in [-0.15, -0.1) is 0 Å². The molecule has 1 aliphatic rings. The van der Waals surface area contributed by atoms with Gasteiger partial charge in [0.1, 0.15) is 23.3 Å². The molecule has 0 saturated carbocycles. The van der Waals surface area contributed by atoms with Crippen LogP contribution < -0.4 is 9.47 Å². The molecular formula is C15H9NO4. The molecule has 0 fully saturated rings. The molecule has 98 valence electrons. The summed E-state index contributed by atoms with van der Waals surface area (Å²) in [4.78, 5) is 12.1. The van der Waals surface area contributed by atoms with E-state index in [9.17, 15) is 4.79 Å². The molecule has 1 aromatic heterocycles. The molecule has 0 unspecified atom stereocenters. The number of ketones is 1. The Morgan fingerprint density at radius 2 is 2.25 bits per heavy atom. The average molecular weight is 267 g/mol. The van der Waals surface area contributed by atoms with Crippen LogP contribution in [-0.2, 0) is 0 Å². The van der Waals surface area contributed by atoms with Crippen LogP contribution in [0.1, 0.15) is 16.1 Å². The second-order valence-electron chi connectivity index (χ2n) is 4.06. The molecule has 0 aliphatic carbocycles. The third kappa shape index (κ3) is 2.15. The number of allylic oxidation sites excluding steroid dienone is 1. The van der Waals surface area contributed by atoms with E-state index in [-0.39, 0.29) is 18.1 Å². The fourth-order valence-corrected chi connectivity index (χ4v) is 1.88. The number of Topliss-reactive ketones (excluding diaryl/α,β-unsaturated/α-hetero) is 1. The molecule has 0 saturated heterocycles. The van der Waals surface area contributed by atoms with Crippen molar-refractivity contribution >= 4 is 11.9 Å². The second-order valence-corrected chi connectivity index (χ2v) is 4.06. The third-order valence-electron chi connectivity index (χ3n) is 2.76. The molecule has 2 aromatic rings. The number of carbonyl (C=O) groups excluding carboxylic acids is 1. The summed E-state index contributed by atoms with van der Waals surface area (Å²) in [6.45, 7) is -0.0537. The number of hydrogen-bond acceptors (Lipinski definition) is 5. The normalized spacial score (nSPS) is 14.8. The topological polar surface area (TPSA) is 72.5 Å². The minimum absolute atomic E-state index is 0.0537. The molecule has 1 aromatic carbocycles. The Kier molecular flexibility index (Phi) is 2.98. The van der Waals surface area contributed by atoms with E-state index in [2.05, 4.69) is 0 Å². The zero-order valence-electron chi connectivity index (χ0n) is 10.3. The number of nitrogens with zero attached hydrogens (tertiary/aromatic N) is 1. The molecule has 0 N–H and O–H groups in total. The van der Waals surface area contributed by atoms with E-state index in [4.69, 9.17) is 19.2 Å². The van der Waals surface area contributed by atoms with Gasteiger partial charge >= 0.3 is 0 Å². The van der Waals surface area contributed by atoms with E-state index in [1.165, 1.54) is 12.3 Å². The maximum absolute atomic E-state index is 12.1. The van der Waals surface area contributed by atoms with Crippen molar-refractivity contribution in [1.82, 2.24) is 0 Å². The van der Waals surface area contributed by atoms with Gasteiger partial charge in [0, 0.05) is 12.1 Å². The quantitative estimate of drug-likeness (QED) is 0.799. The van der Waals surface area contributed by atoms with Crippen LogP contribution in [0.2, 0.25) is 0 Å². The molecule has 1 aliphatic heterocycles. The van der Waals surface area contributed by atoms with Crippen LogP contribution in [0.4, 0.5) is 0 Å². The third-order valence-corrected chi connectivity index (χ3v) is 2.76. The smallest absolute Gasteiger partial charge is 0.232 e.